The van der Waals surface area contributed by atoms with Crippen LogP contribution in [0, 0.1) is 0 Å². The first-order chi connectivity index (χ1) is 6.31. The third-order valence-corrected chi connectivity index (χ3v) is 2.49. The maximum Gasteiger partial charge on any atom is 0.135 e. The van der Waals surface area contributed by atoms with Crippen LogP contribution < -0.4 is 5.48 Å². The number of rotatable bonds is 2. The van der Waals surface area contributed by atoms with Crippen LogP contribution in [-0.4, -0.2) is 5.21 Å². The van der Waals surface area contributed by atoms with E-state index in [4.69, 9.17) is 9.62 Å². The van der Waals surface area contributed by atoms with Crippen LogP contribution in [-0.2, 0) is 6.54 Å². The third kappa shape index (κ3) is 1.60. The molecule has 1 heterocycles. The molecule has 0 saturated heterocycles. The van der Waals surface area contributed by atoms with E-state index in [1.165, 1.54) is 0 Å². The Kier molecular flexibility index (Phi) is 2.35. The van der Waals surface area contributed by atoms with Gasteiger partial charge in [0.2, 0.25) is 0 Å². The van der Waals surface area contributed by atoms with Crippen molar-refractivity contribution in [3.8, 4) is 0 Å². The number of furan rings is 1. The number of benzene rings is 1. The lowest BCUT2D eigenvalue weighted by Gasteiger charge is -1.98. The summed E-state index contributed by atoms with van der Waals surface area (Å²) in [6, 6.07) is 5.75. The highest BCUT2D eigenvalue weighted by Gasteiger charge is 2.03. The molecule has 13 heavy (non-hydrogen) atoms. The molecule has 0 radical (unpaired) electrons. The number of hydrogen-bond donors (Lipinski definition) is 2. The van der Waals surface area contributed by atoms with E-state index >= 15 is 0 Å². The van der Waals surface area contributed by atoms with Gasteiger partial charge in [0.15, 0.2) is 0 Å². The zero-order valence-electron chi connectivity index (χ0n) is 6.75. The summed E-state index contributed by atoms with van der Waals surface area (Å²) in [5.74, 6) is 0. The summed E-state index contributed by atoms with van der Waals surface area (Å²) < 4.78 is 6.18. The van der Waals surface area contributed by atoms with Crippen LogP contribution in [0.4, 0.5) is 0 Å². The van der Waals surface area contributed by atoms with Crippen molar-refractivity contribution in [2.24, 2.45) is 0 Å². The molecule has 0 bridgehead atoms. The highest BCUT2D eigenvalue weighted by atomic mass is 79.9. The molecule has 0 fully saturated rings. The summed E-state index contributed by atoms with van der Waals surface area (Å²) in [7, 11) is 0. The van der Waals surface area contributed by atoms with Crippen molar-refractivity contribution < 1.29 is 9.62 Å². The van der Waals surface area contributed by atoms with Gasteiger partial charge in [-0.05, 0) is 33.6 Å². The molecule has 2 rings (SSSR count). The molecular weight excluding hydrogens is 234 g/mol. The molecule has 2 aromatic rings. The summed E-state index contributed by atoms with van der Waals surface area (Å²) in [5.41, 5.74) is 3.97. The molecule has 1 aromatic heterocycles. The second kappa shape index (κ2) is 3.49. The highest BCUT2D eigenvalue weighted by Crippen LogP contribution is 2.26. The van der Waals surface area contributed by atoms with Crippen LogP contribution in [0.25, 0.3) is 11.0 Å². The van der Waals surface area contributed by atoms with Crippen molar-refractivity contribution in [1.29, 1.82) is 0 Å². The van der Waals surface area contributed by atoms with E-state index in [0.29, 0.717) is 6.54 Å². The molecule has 2 N–H and O–H groups in total. The van der Waals surface area contributed by atoms with Gasteiger partial charge in [-0.15, -0.1) is 0 Å². The van der Waals surface area contributed by atoms with Crippen LogP contribution >= 0.6 is 15.9 Å². The lowest BCUT2D eigenvalue weighted by atomic mass is 10.2. The van der Waals surface area contributed by atoms with Gasteiger partial charge in [0.1, 0.15) is 11.8 Å². The maximum atomic E-state index is 8.53. The smallest absolute Gasteiger partial charge is 0.135 e. The number of fused-ring (bicyclic) bond motifs is 1. The van der Waals surface area contributed by atoms with E-state index in [1.54, 1.807) is 6.26 Å². The van der Waals surface area contributed by atoms with Crippen LogP contribution in [0.15, 0.2) is 33.4 Å². The zero-order chi connectivity index (χ0) is 9.26. The standard InChI is InChI=1S/C9H8BrNO2/c10-8-5-13-9-2-1-6(4-11-12)3-7(8)9/h1-3,5,11-12H,4H2. The summed E-state index contributed by atoms with van der Waals surface area (Å²) >= 11 is 3.38. The van der Waals surface area contributed by atoms with Crippen molar-refractivity contribution in [2.75, 3.05) is 0 Å². The fourth-order valence-electron chi connectivity index (χ4n) is 1.25. The number of halogens is 1. The minimum Gasteiger partial charge on any atom is -0.463 e. The molecule has 4 heteroatoms. The van der Waals surface area contributed by atoms with Crippen LogP contribution in [0.2, 0.25) is 0 Å². The predicted molar refractivity (Wildman–Crippen MR) is 52.5 cm³/mol. The van der Waals surface area contributed by atoms with Crippen LogP contribution in [0.3, 0.4) is 0 Å². The summed E-state index contributed by atoms with van der Waals surface area (Å²) in [4.78, 5) is 0. The first-order valence-electron chi connectivity index (χ1n) is 3.84. The van der Waals surface area contributed by atoms with E-state index < -0.39 is 0 Å². The normalized spacial score (nSPS) is 10.9. The first-order valence-corrected chi connectivity index (χ1v) is 4.63. The Labute approximate surface area is 83.4 Å². The minimum atomic E-state index is 0.438. The molecule has 0 amide bonds. The average molecular weight is 242 g/mol. The van der Waals surface area contributed by atoms with Gasteiger partial charge in [0.25, 0.3) is 0 Å². The van der Waals surface area contributed by atoms with Crippen LogP contribution in [0.1, 0.15) is 5.56 Å². The van der Waals surface area contributed by atoms with Crippen LogP contribution in [0.5, 0.6) is 0 Å². The largest absolute Gasteiger partial charge is 0.463 e. The second-order valence-corrected chi connectivity index (χ2v) is 3.60. The topological polar surface area (TPSA) is 45.4 Å². The Hall–Kier alpha value is -0.840. The lowest BCUT2D eigenvalue weighted by molar-refractivity contribution is 0.161. The molecule has 0 unspecified atom stereocenters. The predicted octanol–water partition coefficient (Wildman–Crippen LogP) is 2.67. The van der Waals surface area contributed by atoms with Gasteiger partial charge in [-0.1, -0.05) is 6.07 Å². The molecule has 0 atom stereocenters. The first kappa shape index (κ1) is 8.74. The SMILES string of the molecule is ONCc1ccc2occ(Br)c2c1. The summed E-state index contributed by atoms with van der Waals surface area (Å²) in [6.45, 7) is 0.438. The Bertz CT molecular complexity index is 424. The Balaban J connectivity index is 2.53. The lowest BCUT2D eigenvalue weighted by Crippen LogP contribution is -2.05. The number of nitrogens with one attached hydrogen (secondary N) is 1. The van der Waals surface area contributed by atoms with E-state index in [-0.39, 0.29) is 0 Å². The van der Waals surface area contributed by atoms with Crippen molar-refractivity contribution in [1.82, 2.24) is 5.48 Å². The third-order valence-electron chi connectivity index (χ3n) is 1.87. The van der Waals surface area contributed by atoms with Gasteiger partial charge in [-0.25, -0.2) is 5.48 Å². The van der Waals surface area contributed by atoms with Gasteiger partial charge in [-0.3, -0.25) is 0 Å². The molecule has 68 valence electrons. The van der Waals surface area contributed by atoms with Gasteiger partial charge < -0.3 is 9.62 Å². The number of hydrogen-bond acceptors (Lipinski definition) is 3. The summed E-state index contributed by atoms with van der Waals surface area (Å²) in [6.07, 6.45) is 1.65. The molecular formula is C9H8BrNO2. The molecule has 0 aliphatic rings. The fourth-order valence-corrected chi connectivity index (χ4v) is 1.65. The van der Waals surface area contributed by atoms with Gasteiger partial charge in [0.05, 0.1) is 4.47 Å². The molecule has 1 aromatic carbocycles. The molecule has 0 saturated carbocycles. The zero-order valence-corrected chi connectivity index (χ0v) is 8.34. The Morgan fingerprint density at radius 2 is 2.31 bits per heavy atom. The van der Waals surface area contributed by atoms with E-state index in [9.17, 15) is 0 Å². The van der Waals surface area contributed by atoms with Gasteiger partial charge in [-0.2, -0.15) is 0 Å². The fraction of sp³-hybridized carbons (Fsp3) is 0.111. The maximum absolute atomic E-state index is 8.53. The highest BCUT2D eigenvalue weighted by molar-refractivity contribution is 9.10. The van der Waals surface area contributed by atoms with E-state index in [1.807, 2.05) is 18.2 Å². The summed E-state index contributed by atoms with van der Waals surface area (Å²) in [5, 5.41) is 9.55. The Morgan fingerprint density at radius 3 is 3.08 bits per heavy atom. The average Bonchev–Trinajstić information content (AvgIpc) is 2.49. The quantitative estimate of drug-likeness (QED) is 0.795. The van der Waals surface area contributed by atoms with E-state index in [0.717, 1.165) is 21.0 Å². The van der Waals surface area contributed by atoms with Crippen molar-refractivity contribution in [3.63, 3.8) is 0 Å². The molecule has 0 aliphatic carbocycles. The van der Waals surface area contributed by atoms with Crippen molar-refractivity contribution in [2.45, 2.75) is 6.54 Å². The minimum absolute atomic E-state index is 0.438. The van der Waals surface area contributed by atoms with E-state index in [2.05, 4.69) is 21.4 Å². The van der Waals surface area contributed by atoms with Crippen molar-refractivity contribution >= 4 is 26.9 Å². The molecule has 0 aliphatic heterocycles. The molecule has 3 nitrogen and oxygen atoms in total. The Morgan fingerprint density at radius 1 is 1.46 bits per heavy atom. The van der Waals surface area contributed by atoms with Crippen molar-refractivity contribution in [3.05, 3.63) is 34.5 Å². The second-order valence-electron chi connectivity index (χ2n) is 2.75. The van der Waals surface area contributed by atoms with Gasteiger partial charge in [0, 0.05) is 11.9 Å². The molecule has 0 spiro atoms. The number of hydroxylamine groups is 1. The monoisotopic (exact) mass is 241 g/mol. The van der Waals surface area contributed by atoms with Gasteiger partial charge >= 0.3 is 0 Å².